The number of aryl methyl sites for hydroxylation is 1. The summed E-state index contributed by atoms with van der Waals surface area (Å²) in [5, 5.41) is 6.27. The number of hydrogen-bond donors (Lipinski definition) is 1. The maximum Gasteiger partial charge on any atom is 0.298 e. The fraction of sp³-hybridized carbons (Fsp3) is 0.240. The van der Waals surface area contributed by atoms with Crippen LogP contribution in [0.25, 0.3) is 22.0 Å². The molecular formula is C25H25N7OS. The van der Waals surface area contributed by atoms with E-state index >= 15 is 0 Å². The number of rotatable bonds is 6. The minimum atomic E-state index is -0.0590. The molecule has 34 heavy (non-hydrogen) atoms. The monoisotopic (exact) mass is 471 g/mol. The van der Waals surface area contributed by atoms with Gasteiger partial charge in [0, 0.05) is 63.4 Å². The Morgan fingerprint density at radius 1 is 1.09 bits per heavy atom. The van der Waals surface area contributed by atoms with Crippen molar-refractivity contribution in [2.45, 2.75) is 12.8 Å². The SMILES string of the molecule is CN1CCC#CC1=O.Cn1cnc(CCNc2nccc(-c3csc(-c4ccccc4)n3)n2)c1. The molecule has 4 heterocycles. The second kappa shape index (κ2) is 11.2. The summed E-state index contributed by atoms with van der Waals surface area (Å²) in [6, 6.07) is 12.1. The molecular weight excluding hydrogens is 446 g/mol. The van der Waals surface area contributed by atoms with Crippen LogP contribution in [0.5, 0.6) is 0 Å². The molecule has 1 aromatic carbocycles. The Kier molecular flexibility index (Phi) is 7.63. The number of carbonyl (C=O) groups excluding carboxylic acids is 1. The van der Waals surface area contributed by atoms with E-state index in [1.807, 2.05) is 47.5 Å². The van der Waals surface area contributed by atoms with Crippen LogP contribution < -0.4 is 5.32 Å². The van der Waals surface area contributed by atoms with Crippen LogP contribution >= 0.6 is 11.3 Å². The van der Waals surface area contributed by atoms with Crippen molar-refractivity contribution in [3.05, 3.63) is 66.2 Å². The van der Waals surface area contributed by atoms with Crippen LogP contribution in [-0.4, -0.2) is 55.4 Å². The summed E-state index contributed by atoms with van der Waals surface area (Å²) in [7, 11) is 3.73. The van der Waals surface area contributed by atoms with Crippen molar-refractivity contribution in [1.82, 2.24) is 29.4 Å². The maximum atomic E-state index is 10.5. The number of aromatic nitrogens is 5. The predicted octanol–water partition coefficient (Wildman–Crippen LogP) is 3.51. The molecule has 0 atom stereocenters. The molecule has 9 heteroatoms. The molecule has 8 nitrogen and oxygen atoms in total. The minimum absolute atomic E-state index is 0.0590. The van der Waals surface area contributed by atoms with Gasteiger partial charge in [-0.2, -0.15) is 0 Å². The van der Waals surface area contributed by atoms with Crippen molar-refractivity contribution in [3.8, 4) is 33.8 Å². The largest absolute Gasteiger partial charge is 0.354 e. The Hall–Kier alpha value is -4.03. The van der Waals surface area contributed by atoms with E-state index in [1.54, 1.807) is 35.8 Å². The Morgan fingerprint density at radius 3 is 2.65 bits per heavy atom. The predicted molar refractivity (Wildman–Crippen MR) is 134 cm³/mol. The molecule has 1 aliphatic heterocycles. The molecule has 5 rings (SSSR count). The van der Waals surface area contributed by atoms with Gasteiger partial charge in [-0.3, -0.25) is 4.79 Å². The fourth-order valence-corrected chi connectivity index (χ4v) is 3.97. The highest BCUT2D eigenvalue weighted by Crippen LogP contribution is 2.27. The molecule has 1 amide bonds. The van der Waals surface area contributed by atoms with E-state index in [1.165, 1.54) is 0 Å². The lowest BCUT2D eigenvalue weighted by atomic mass is 10.2. The number of carbonyl (C=O) groups is 1. The molecule has 0 fully saturated rings. The fourth-order valence-electron chi connectivity index (χ4n) is 3.15. The van der Waals surface area contributed by atoms with E-state index in [9.17, 15) is 4.79 Å². The number of thiazole rings is 1. The average Bonchev–Trinajstić information content (AvgIpc) is 3.52. The zero-order chi connectivity index (χ0) is 23.8. The molecule has 4 aromatic rings. The Bertz CT molecular complexity index is 1300. The zero-order valence-electron chi connectivity index (χ0n) is 19.1. The van der Waals surface area contributed by atoms with E-state index in [2.05, 4.69) is 44.2 Å². The van der Waals surface area contributed by atoms with Crippen LogP contribution in [0.4, 0.5) is 5.95 Å². The number of anilines is 1. The highest BCUT2D eigenvalue weighted by molar-refractivity contribution is 7.13. The van der Waals surface area contributed by atoms with Gasteiger partial charge in [-0.15, -0.1) is 11.3 Å². The first kappa shape index (κ1) is 23.1. The third-order valence-corrected chi connectivity index (χ3v) is 5.87. The first-order valence-electron chi connectivity index (χ1n) is 10.9. The van der Waals surface area contributed by atoms with Crippen LogP contribution in [0, 0.1) is 11.8 Å². The lowest BCUT2D eigenvalue weighted by Crippen LogP contribution is -2.28. The third-order valence-electron chi connectivity index (χ3n) is 4.98. The molecule has 0 saturated heterocycles. The summed E-state index contributed by atoms with van der Waals surface area (Å²) in [5.74, 6) is 5.74. The van der Waals surface area contributed by atoms with Gasteiger partial charge < -0.3 is 14.8 Å². The van der Waals surface area contributed by atoms with Crippen molar-refractivity contribution in [2.24, 2.45) is 7.05 Å². The first-order chi connectivity index (χ1) is 16.6. The van der Waals surface area contributed by atoms with Gasteiger partial charge in [0.25, 0.3) is 5.91 Å². The van der Waals surface area contributed by atoms with E-state index in [4.69, 9.17) is 4.98 Å². The van der Waals surface area contributed by atoms with E-state index in [-0.39, 0.29) is 5.91 Å². The molecule has 0 unspecified atom stereocenters. The molecule has 0 spiro atoms. The summed E-state index contributed by atoms with van der Waals surface area (Å²) < 4.78 is 1.94. The van der Waals surface area contributed by atoms with Crippen molar-refractivity contribution in [1.29, 1.82) is 0 Å². The lowest BCUT2D eigenvalue weighted by molar-refractivity contribution is -0.124. The van der Waals surface area contributed by atoms with Crippen molar-refractivity contribution in [2.75, 3.05) is 25.5 Å². The summed E-state index contributed by atoms with van der Waals surface area (Å²) in [6.45, 7) is 1.51. The quantitative estimate of drug-likeness (QED) is 0.433. The number of amides is 1. The number of nitrogens with zero attached hydrogens (tertiary/aromatic N) is 6. The van der Waals surface area contributed by atoms with E-state index in [0.717, 1.165) is 53.6 Å². The molecule has 3 aromatic heterocycles. The van der Waals surface area contributed by atoms with Crippen molar-refractivity contribution < 1.29 is 4.79 Å². The highest BCUT2D eigenvalue weighted by atomic mass is 32.1. The van der Waals surface area contributed by atoms with Gasteiger partial charge in [0.2, 0.25) is 5.95 Å². The second-order valence-electron chi connectivity index (χ2n) is 7.66. The van der Waals surface area contributed by atoms with Gasteiger partial charge in [0.15, 0.2) is 0 Å². The van der Waals surface area contributed by atoms with E-state index < -0.39 is 0 Å². The lowest BCUT2D eigenvalue weighted by Gasteiger charge is -2.13. The van der Waals surface area contributed by atoms with Gasteiger partial charge >= 0.3 is 0 Å². The van der Waals surface area contributed by atoms with Crippen LogP contribution in [0.1, 0.15) is 12.1 Å². The van der Waals surface area contributed by atoms with Crippen LogP contribution in [0.2, 0.25) is 0 Å². The molecule has 0 radical (unpaired) electrons. The number of benzene rings is 1. The normalized spacial score (nSPS) is 12.4. The Balaban J connectivity index is 0.000000291. The summed E-state index contributed by atoms with van der Waals surface area (Å²) in [6.07, 6.45) is 7.22. The summed E-state index contributed by atoms with van der Waals surface area (Å²) in [5.41, 5.74) is 3.84. The van der Waals surface area contributed by atoms with E-state index in [0.29, 0.717) is 5.95 Å². The van der Waals surface area contributed by atoms with Gasteiger partial charge in [0.05, 0.1) is 17.7 Å². The first-order valence-corrected chi connectivity index (χ1v) is 11.8. The number of nitrogens with one attached hydrogen (secondary N) is 1. The summed E-state index contributed by atoms with van der Waals surface area (Å²) >= 11 is 1.62. The highest BCUT2D eigenvalue weighted by Gasteiger charge is 2.09. The third kappa shape index (κ3) is 6.27. The summed E-state index contributed by atoms with van der Waals surface area (Å²) in [4.78, 5) is 30.1. The molecule has 0 aliphatic carbocycles. The average molecular weight is 472 g/mol. The van der Waals surface area contributed by atoms with Gasteiger partial charge in [-0.1, -0.05) is 36.3 Å². The molecule has 0 bridgehead atoms. The second-order valence-corrected chi connectivity index (χ2v) is 8.51. The Labute approximate surface area is 202 Å². The number of imidazole rings is 1. The smallest absolute Gasteiger partial charge is 0.298 e. The molecule has 1 aliphatic rings. The topological polar surface area (TPSA) is 88.8 Å². The molecule has 0 saturated carbocycles. The number of hydrogen-bond acceptors (Lipinski definition) is 7. The van der Waals surface area contributed by atoms with Gasteiger partial charge in [0.1, 0.15) is 10.7 Å². The van der Waals surface area contributed by atoms with Crippen LogP contribution in [-0.2, 0) is 18.3 Å². The minimum Gasteiger partial charge on any atom is -0.354 e. The van der Waals surface area contributed by atoms with Crippen LogP contribution in [0.15, 0.2) is 60.5 Å². The molecule has 1 N–H and O–H groups in total. The maximum absolute atomic E-state index is 10.5. The molecule has 172 valence electrons. The van der Waals surface area contributed by atoms with Gasteiger partial charge in [-0.25, -0.2) is 19.9 Å². The zero-order valence-corrected chi connectivity index (χ0v) is 19.9. The Morgan fingerprint density at radius 2 is 1.94 bits per heavy atom. The standard InChI is InChI=1S/C19H18N6S.C6H7NO/c1-25-11-15(22-13-25)7-9-20-19-21-10-8-16(24-19)17-12-26-18(23-17)14-5-3-2-4-6-14;1-7-5-3-2-4-6(7)8/h2-6,8,10-13H,7,9H2,1H3,(H,20,21,24);3,5H2,1H3. The van der Waals surface area contributed by atoms with Crippen LogP contribution in [0.3, 0.4) is 0 Å². The van der Waals surface area contributed by atoms with Crippen molar-refractivity contribution >= 4 is 23.2 Å². The van der Waals surface area contributed by atoms with Crippen molar-refractivity contribution in [3.63, 3.8) is 0 Å². The van der Waals surface area contributed by atoms with Gasteiger partial charge in [-0.05, 0) is 12.0 Å².